The predicted octanol–water partition coefficient (Wildman–Crippen LogP) is 4.97. The summed E-state index contributed by atoms with van der Waals surface area (Å²) >= 11 is 1.80. The van der Waals surface area contributed by atoms with E-state index < -0.39 is 0 Å². The Labute approximate surface area is 116 Å². The Balaban J connectivity index is 2.12. The fourth-order valence-electron chi connectivity index (χ4n) is 2.52. The van der Waals surface area contributed by atoms with Gasteiger partial charge < -0.3 is 0 Å². The lowest BCUT2D eigenvalue weighted by Gasteiger charge is -2.01. The molecule has 0 aliphatic carbocycles. The van der Waals surface area contributed by atoms with E-state index in [1.165, 1.54) is 25.7 Å². The van der Waals surface area contributed by atoms with Gasteiger partial charge in [0.2, 0.25) is 0 Å². The molecule has 3 aromatic rings. The lowest BCUT2D eigenvalue weighted by molar-refractivity contribution is -0.118. The molecule has 0 unspecified atom stereocenters. The molecule has 0 aliphatic rings. The molecule has 2 aromatic carbocycles. The predicted molar refractivity (Wildman–Crippen MR) is 83.0 cm³/mol. The number of hydrogen-bond donors (Lipinski definition) is 0. The van der Waals surface area contributed by atoms with Crippen molar-refractivity contribution in [2.24, 2.45) is 0 Å². The summed E-state index contributed by atoms with van der Waals surface area (Å²) in [5, 5.41) is 2.58. The molecule has 0 fully saturated rings. The van der Waals surface area contributed by atoms with E-state index in [1.54, 1.807) is 11.3 Å². The first kappa shape index (κ1) is 12.4. The van der Waals surface area contributed by atoms with Crippen LogP contribution in [0.25, 0.3) is 20.2 Å². The highest BCUT2D eigenvalue weighted by atomic mass is 32.1. The highest BCUT2D eigenvalue weighted by molar-refractivity contribution is 7.26. The van der Waals surface area contributed by atoms with Gasteiger partial charge >= 0.3 is 0 Å². The number of hydrogen-bond acceptors (Lipinski definition) is 2. The number of fused-ring (bicyclic) bond motifs is 3. The zero-order valence-electron chi connectivity index (χ0n) is 11.0. The first-order valence-corrected chi connectivity index (χ1v) is 7.52. The van der Waals surface area contributed by atoms with Gasteiger partial charge in [-0.3, -0.25) is 4.79 Å². The van der Waals surface area contributed by atoms with Gasteiger partial charge in [-0.05, 0) is 18.1 Å². The summed E-state index contributed by atoms with van der Waals surface area (Å²) in [6.45, 7) is 2.05. The van der Waals surface area contributed by atoms with Crippen molar-refractivity contribution >= 4 is 37.3 Å². The molecule has 0 spiro atoms. The maximum Gasteiger partial charge on any atom is 0.137 e. The molecule has 0 saturated heterocycles. The molecule has 96 valence electrons. The summed E-state index contributed by atoms with van der Waals surface area (Å²) < 4.78 is 2.57. The van der Waals surface area contributed by atoms with Crippen LogP contribution in [0.5, 0.6) is 0 Å². The van der Waals surface area contributed by atoms with Gasteiger partial charge in [-0.1, -0.05) is 43.3 Å². The molecule has 0 radical (unpaired) electrons. The second-order valence-electron chi connectivity index (χ2n) is 4.86. The topological polar surface area (TPSA) is 17.1 Å². The lowest BCUT2D eigenvalue weighted by atomic mass is 10.0. The van der Waals surface area contributed by atoms with E-state index in [2.05, 4.69) is 49.4 Å². The molecular formula is C17H16OS. The van der Waals surface area contributed by atoms with E-state index in [1.807, 2.05) is 0 Å². The Morgan fingerprint density at radius 2 is 1.84 bits per heavy atom. The van der Waals surface area contributed by atoms with Crippen LogP contribution in [0.1, 0.15) is 25.3 Å². The molecule has 1 nitrogen and oxygen atoms in total. The third-order valence-corrected chi connectivity index (χ3v) is 4.66. The van der Waals surface area contributed by atoms with E-state index >= 15 is 0 Å². The molecule has 1 heterocycles. The molecule has 0 aliphatic heterocycles. The maximum atomic E-state index is 11.9. The molecule has 0 atom stereocenters. The van der Waals surface area contributed by atoms with Crippen LogP contribution in [0, 0.1) is 0 Å². The van der Waals surface area contributed by atoms with Gasteiger partial charge in [-0.25, -0.2) is 0 Å². The molecule has 1 aromatic heterocycles. The Kier molecular flexibility index (Phi) is 3.34. The first-order chi connectivity index (χ1) is 9.29. The fourth-order valence-corrected chi connectivity index (χ4v) is 3.74. The average Bonchev–Trinajstić information content (AvgIpc) is 2.79. The highest BCUT2D eigenvalue weighted by Crippen LogP contribution is 2.35. The molecule has 0 N–H and O–H groups in total. The number of Topliss-reactive ketones (excluding diaryl/α,β-unsaturated/α-hetero) is 1. The molecule has 0 saturated carbocycles. The van der Waals surface area contributed by atoms with Crippen molar-refractivity contribution in [3.05, 3.63) is 48.0 Å². The molecule has 3 rings (SSSR count). The van der Waals surface area contributed by atoms with E-state index in [0.717, 1.165) is 6.42 Å². The van der Waals surface area contributed by atoms with Crippen molar-refractivity contribution in [3.63, 3.8) is 0 Å². The Bertz CT molecular complexity index is 739. The zero-order valence-corrected chi connectivity index (χ0v) is 11.8. The molecular weight excluding hydrogens is 252 g/mol. The molecule has 2 heteroatoms. The van der Waals surface area contributed by atoms with Gasteiger partial charge in [-0.15, -0.1) is 11.3 Å². The van der Waals surface area contributed by atoms with Crippen molar-refractivity contribution < 1.29 is 4.79 Å². The van der Waals surface area contributed by atoms with Gasteiger partial charge in [-0.2, -0.15) is 0 Å². The van der Waals surface area contributed by atoms with Gasteiger partial charge in [0.25, 0.3) is 0 Å². The summed E-state index contributed by atoms with van der Waals surface area (Å²) in [5.74, 6) is 0.340. The van der Waals surface area contributed by atoms with Crippen LogP contribution in [-0.4, -0.2) is 5.78 Å². The normalized spacial score (nSPS) is 11.2. The van der Waals surface area contributed by atoms with Gasteiger partial charge in [0, 0.05) is 33.0 Å². The smallest absolute Gasteiger partial charge is 0.137 e. The van der Waals surface area contributed by atoms with Crippen LogP contribution in [0.3, 0.4) is 0 Å². The quantitative estimate of drug-likeness (QED) is 0.653. The number of rotatable bonds is 4. The van der Waals surface area contributed by atoms with Crippen molar-refractivity contribution in [1.29, 1.82) is 0 Å². The van der Waals surface area contributed by atoms with Gasteiger partial charge in [0.15, 0.2) is 0 Å². The second-order valence-corrected chi connectivity index (χ2v) is 5.91. The molecule has 19 heavy (non-hydrogen) atoms. The van der Waals surface area contributed by atoms with E-state index in [-0.39, 0.29) is 0 Å². The highest BCUT2D eigenvalue weighted by Gasteiger charge is 2.10. The SMILES string of the molecule is CCCC(=O)Cc1cccc2c1sc1ccccc12. The summed E-state index contributed by atoms with van der Waals surface area (Å²) in [4.78, 5) is 11.9. The van der Waals surface area contributed by atoms with Crippen molar-refractivity contribution in [2.45, 2.75) is 26.2 Å². The zero-order chi connectivity index (χ0) is 13.2. The van der Waals surface area contributed by atoms with Crippen LogP contribution in [0.4, 0.5) is 0 Å². The summed E-state index contributed by atoms with van der Waals surface area (Å²) in [5.41, 5.74) is 1.18. The van der Waals surface area contributed by atoms with Crippen LogP contribution < -0.4 is 0 Å². The van der Waals surface area contributed by atoms with Crippen LogP contribution in [0.15, 0.2) is 42.5 Å². The van der Waals surface area contributed by atoms with E-state index in [9.17, 15) is 4.79 Å². The lowest BCUT2D eigenvalue weighted by Crippen LogP contribution is -2.01. The van der Waals surface area contributed by atoms with Crippen molar-refractivity contribution in [3.8, 4) is 0 Å². The third kappa shape index (κ3) is 2.28. The minimum atomic E-state index is 0.340. The molecule has 0 amide bonds. The number of benzene rings is 2. The molecule has 0 bridgehead atoms. The van der Waals surface area contributed by atoms with Gasteiger partial charge in [0.1, 0.15) is 5.78 Å². The minimum Gasteiger partial charge on any atom is -0.299 e. The van der Waals surface area contributed by atoms with Crippen LogP contribution in [-0.2, 0) is 11.2 Å². The summed E-state index contributed by atoms with van der Waals surface area (Å²) in [7, 11) is 0. The Morgan fingerprint density at radius 3 is 2.68 bits per heavy atom. The van der Waals surface area contributed by atoms with Crippen LogP contribution in [0.2, 0.25) is 0 Å². The number of ketones is 1. The Hall–Kier alpha value is -1.67. The largest absolute Gasteiger partial charge is 0.299 e. The van der Waals surface area contributed by atoms with Gasteiger partial charge in [0.05, 0.1) is 0 Å². The second kappa shape index (κ2) is 5.14. The number of thiophene rings is 1. The van der Waals surface area contributed by atoms with Crippen molar-refractivity contribution in [2.75, 3.05) is 0 Å². The van der Waals surface area contributed by atoms with E-state index in [4.69, 9.17) is 0 Å². The average molecular weight is 268 g/mol. The summed E-state index contributed by atoms with van der Waals surface area (Å²) in [6.07, 6.45) is 2.18. The van der Waals surface area contributed by atoms with E-state index in [0.29, 0.717) is 18.6 Å². The minimum absolute atomic E-state index is 0.340. The third-order valence-electron chi connectivity index (χ3n) is 3.40. The Morgan fingerprint density at radius 1 is 1.05 bits per heavy atom. The summed E-state index contributed by atoms with van der Waals surface area (Å²) in [6, 6.07) is 14.8. The number of carbonyl (C=O) groups excluding carboxylic acids is 1. The van der Waals surface area contributed by atoms with Crippen molar-refractivity contribution in [1.82, 2.24) is 0 Å². The maximum absolute atomic E-state index is 11.9. The number of carbonyl (C=O) groups is 1. The van der Waals surface area contributed by atoms with Crippen LogP contribution >= 0.6 is 11.3 Å². The fraction of sp³-hybridized carbons (Fsp3) is 0.235. The standard InChI is InChI=1S/C17H16OS/c1-2-6-13(18)11-12-7-5-9-15-14-8-3-4-10-16(14)19-17(12)15/h3-5,7-10H,2,6,11H2,1H3. The first-order valence-electron chi connectivity index (χ1n) is 6.70. The monoisotopic (exact) mass is 268 g/mol.